The molecule has 3 nitrogen and oxygen atoms in total. The second-order valence-corrected chi connectivity index (χ2v) is 7.86. The summed E-state index contributed by atoms with van der Waals surface area (Å²) in [5, 5.41) is 2.58. The van der Waals surface area contributed by atoms with Crippen LogP contribution >= 0.6 is 11.8 Å². The summed E-state index contributed by atoms with van der Waals surface area (Å²) in [4.78, 5) is 22.8. The second kappa shape index (κ2) is 18.1. The third-order valence-corrected chi connectivity index (χ3v) is 4.19. The Bertz CT molecular complexity index is 682. The van der Waals surface area contributed by atoms with Crippen LogP contribution in [0.2, 0.25) is 0 Å². The number of carbonyl (C=O) groups excluding carboxylic acids is 2. The van der Waals surface area contributed by atoms with Crippen molar-refractivity contribution in [3.8, 4) is 0 Å². The van der Waals surface area contributed by atoms with Gasteiger partial charge in [-0.15, -0.1) is 11.8 Å². The van der Waals surface area contributed by atoms with E-state index in [9.17, 15) is 9.59 Å². The number of benzene rings is 1. The molecule has 0 aliphatic heterocycles. The number of carbonyl (C=O) groups is 2. The molecule has 28 heavy (non-hydrogen) atoms. The largest absolute Gasteiger partial charge is 0.355 e. The summed E-state index contributed by atoms with van der Waals surface area (Å²) in [6.07, 6.45) is 6.13. The summed E-state index contributed by atoms with van der Waals surface area (Å²) in [5.41, 5.74) is 3.50. The molecule has 1 aromatic carbocycles. The van der Waals surface area contributed by atoms with E-state index in [1.54, 1.807) is 24.8 Å². The van der Waals surface area contributed by atoms with Gasteiger partial charge in [-0.2, -0.15) is 0 Å². The number of hydrogen-bond donors (Lipinski definition) is 1. The third kappa shape index (κ3) is 20.0. The summed E-state index contributed by atoms with van der Waals surface area (Å²) in [7, 11) is 0. The van der Waals surface area contributed by atoms with Crippen LogP contribution in [-0.4, -0.2) is 12.2 Å². The first-order valence-electron chi connectivity index (χ1n) is 9.13. The van der Waals surface area contributed by atoms with Crippen LogP contribution in [0.1, 0.15) is 54.0 Å². The van der Waals surface area contributed by atoms with E-state index in [0.717, 1.165) is 16.0 Å². The van der Waals surface area contributed by atoms with E-state index in [1.807, 2.05) is 63.3 Å². The second-order valence-electron chi connectivity index (χ2n) is 6.34. The van der Waals surface area contributed by atoms with E-state index in [1.165, 1.54) is 10.5 Å². The van der Waals surface area contributed by atoms with Gasteiger partial charge in [0.25, 0.3) is 0 Å². The molecule has 0 heterocycles. The molecule has 0 bridgehead atoms. The van der Waals surface area contributed by atoms with Crippen molar-refractivity contribution in [1.29, 1.82) is 0 Å². The van der Waals surface area contributed by atoms with Gasteiger partial charge in [-0.3, -0.25) is 9.59 Å². The Kier molecular flexibility index (Phi) is 18.0. The third-order valence-electron chi connectivity index (χ3n) is 3.12. The summed E-state index contributed by atoms with van der Waals surface area (Å²) in [5.74, 6) is 0.102. The van der Waals surface area contributed by atoms with Gasteiger partial charge in [-0.1, -0.05) is 54.6 Å². The number of ketones is 1. The Balaban J connectivity index is 0. The van der Waals surface area contributed by atoms with Crippen LogP contribution in [0.5, 0.6) is 0 Å². The van der Waals surface area contributed by atoms with Gasteiger partial charge in [0.1, 0.15) is 0 Å². The Hall–Kier alpha value is -2.33. The molecule has 0 aromatic heterocycles. The van der Waals surface area contributed by atoms with Crippen molar-refractivity contribution in [3.63, 3.8) is 0 Å². The van der Waals surface area contributed by atoms with Crippen molar-refractivity contribution < 1.29 is 9.59 Å². The quantitative estimate of drug-likeness (QED) is 0.318. The van der Waals surface area contributed by atoms with Gasteiger partial charge in [0, 0.05) is 6.54 Å². The summed E-state index contributed by atoms with van der Waals surface area (Å²) in [6, 6.07) is 9.78. The molecule has 0 radical (unpaired) electrons. The molecular formula is C24H35NO2S. The molecule has 1 N–H and O–H groups in total. The summed E-state index contributed by atoms with van der Waals surface area (Å²) >= 11 is 1.75. The average Bonchev–Trinajstić information content (AvgIpc) is 2.61. The molecule has 1 aromatic rings. The monoisotopic (exact) mass is 401 g/mol. The highest BCUT2D eigenvalue weighted by Crippen LogP contribution is 2.24. The van der Waals surface area contributed by atoms with E-state index < -0.39 is 0 Å². The number of amides is 1. The first kappa shape index (κ1) is 27.9. The minimum absolute atomic E-state index is 0.102. The molecule has 0 spiro atoms. The molecule has 0 aliphatic rings. The van der Waals surface area contributed by atoms with Crippen LogP contribution in [-0.2, 0) is 16.1 Å². The fraction of sp³-hybridized carbons (Fsp3) is 0.333. The molecule has 154 valence electrons. The van der Waals surface area contributed by atoms with Crippen LogP contribution in [0, 0.1) is 0 Å². The summed E-state index contributed by atoms with van der Waals surface area (Å²) in [6.45, 7) is 18.2. The summed E-state index contributed by atoms with van der Waals surface area (Å²) < 4.78 is 0. The predicted octanol–water partition coefficient (Wildman–Crippen LogP) is 6.60. The molecule has 0 unspecified atom stereocenters. The topological polar surface area (TPSA) is 46.2 Å². The van der Waals surface area contributed by atoms with E-state index in [-0.39, 0.29) is 5.78 Å². The Morgan fingerprint density at radius 1 is 1.07 bits per heavy atom. The van der Waals surface area contributed by atoms with Gasteiger partial charge >= 0.3 is 0 Å². The zero-order valence-electron chi connectivity index (χ0n) is 18.3. The van der Waals surface area contributed by atoms with Gasteiger partial charge in [0.15, 0.2) is 5.78 Å². The molecule has 4 heteroatoms. The molecule has 0 atom stereocenters. The fourth-order valence-corrected chi connectivity index (χ4v) is 2.48. The normalized spacial score (nSPS) is 10.0. The van der Waals surface area contributed by atoms with E-state index in [4.69, 9.17) is 0 Å². The molecule has 0 fully saturated rings. The molecule has 0 saturated carbocycles. The average molecular weight is 402 g/mol. The lowest BCUT2D eigenvalue weighted by molar-refractivity contribution is -0.112. The lowest BCUT2D eigenvalue weighted by atomic mass is 10.2. The maximum atomic E-state index is 10.4. The van der Waals surface area contributed by atoms with E-state index in [0.29, 0.717) is 13.0 Å². The van der Waals surface area contributed by atoms with E-state index in [2.05, 4.69) is 32.7 Å². The van der Waals surface area contributed by atoms with Crippen LogP contribution < -0.4 is 5.32 Å². The number of allylic oxidation sites excluding steroid dienone is 7. The molecule has 0 aliphatic carbocycles. The Labute approximate surface area is 175 Å². The fourth-order valence-electron chi connectivity index (χ4n) is 1.75. The molecule has 1 rings (SSSR count). The van der Waals surface area contributed by atoms with Gasteiger partial charge in [-0.25, -0.2) is 0 Å². The molecular weight excluding hydrogens is 366 g/mol. The number of thioether (sulfide) groups is 1. The maximum absolute atomic E-state index is 10.4. The SMILES string of the molecule is C/C=C\C(C)=C/C(C)=O.C=C(C)SC(C)=C(C)C.O=CNCc1ccccc1. The van der Waals surface area contributed by atoms with Crippen molar-refractivity contribution >= 4 is 24.0 Å². The minimum atomic E-state index is 0.102. The van der Waals surface area contributed by atoms with Crippen LogP contribution in [0.3, 0.4) is 0 Å². The van der Waals surface area contributed by atoms with Crippen molar-refractivity contribution in [3.05, 3.63) is 81.7 Å². The van der Waals surface area contributed by atoms with Crippen LogP contribution in [0.25, 0.3) is 0 Å². The van der Waals surface area contributed by atoms with Crippen molar-refractivity contribution in [2.24, 2.45) is 0 Å². The number of hydrogen-bond acceptors (Lipinski definition) is 3. The van der Waals surface area contributed by atoms with Gasteiger partial charge in [-0.05, 0) is 75.5 Å². The van der Waals surface area contributed by atoms with E-state index >= 15 is 0 Å². The first-order valence-corrected chi connectivity index (χ1v) is 9.95. The zero-order chi connectivity index (χ0) is 21.9. The number of nitrogens with one attached hydrogen (secondary N) is 1. The Morgan fingerprint density at radius 2 is 1.64 bits per heavy atom. The highest BCUT2D eigenvalue weighted by atomic mass is 32.2. The highest BCUT2D eigenvalue weighted by Gasteiger charge is 1.91. The number of rotatable bonds is 7. The lowest BCUT2D eigenvalue weighted by Crippen LogP contribution is -2.09. The van der Waals surface area contributed by atoms with Gasteiger partial charge in [0.05, 0.1) is 0 Å². The molecule has 0 saturated heterocycles. The maximum Gasteiger partial charge on any atom is 0.207 e. The molecule has 1 amide bonds. The smallest absolute Gasteiger partial charge is 0.207 e. The standard InChI is InChI=1S/C8H9NO.C8H12O.C8H14S/c10-7-9-6-8-4-2-1-3-5-8;1-4-5-7(2)6-8(3)9;1-6(2)8(5)9-7(3)4/h1-5,7H,6H2,(H,9,10);4-6H,1-3H3;3H2,1-2,4-5H3/b;5-4-,7-6-;. The zero-order valence-corrected chi connectivity index (χ0v) is 19.2. The van der Waals surface area contributed by atoms with Crippen molar-refractivity contribution in [2.45, 2.75) is 55.0 Å². The van der Waals surface area contributed by atoms with Crippen LogP contribution in [0.15, 0.2) is 76.1 Å². The minimum Gasteiger partial charge on any atom is -0.355 e. The Morgan fingerprint density at radius 3 is 2.00 bits per heavy atom. The first-order chi connectivity index (χ1) is 13.1. The van der Waals surface area contributed by atoms with Crippen molar-refractivity contribution in [1.82, 2.24) is 5.32 Å². The predicted molar refractivity (Wildman–Crippen MR) is 125 cm³/mol. The van der Waals surface area contributed by atoms with Gasteiger partial charge in [0.2, 0.25) is 6.41 Å². The highest BCUT2D eigenvalue weighted by molar-refractivity contribution is 8.06. The van der Waals surface area contributed by atoms with Gasteiger partial charge < -0.3 is 5.32 Å². The lowest BCUT2D eigenvalue weighted by Gasteiger charge is -2.00. The van der Waals surface area contributed by atoms with Crippen molar-refractivity contribution in [2.75, 3.05) is 0 Å². The van der Waals surface area contributed by atoms with Crippen LogP contribution in [0.4, 0.5) is 0 Å².